The first-order chi connectivity index (χ1) is 17.1. The lowest BCUT2D eigenvalue weighted by Crippen LogP contribution is -2.35. The number of benzene rings is 3. The Morgan fingerprint density at radius 1 is 1.03 bits per heavy atom. The summed E-state index contributed by atoms with van der Waals surface area (Å²) in [7, 11) is 0. The number of anilines is 1. The molecule has 0 bridgehead atoms. The number of hydrogen-bond acceptors (Lipinski definition) is 5. The lowest BCUT2D eigenvalue weighted by molar-refractivity contribution is -0.118. The van der Waals surface area contributed by atoms with Gasteiger partial charge in [-0.05, 0) is 36.2 Å². The fourth-order valence-electron chi connectivity index (χ4n) is 4.13. The predicted molar refractivity (Wildman–Crippen MR) is 135 cm³/mol. The van der Waals surface area contributed by atoms with Crippen LogP contribution >= 0.6 is 11.6 Å². The highest BCUT2D eigenvalue weighted by Gasteiger charge is 2.35. The van der Waals surface area contributed by atoms with E-state index in [1.807, 2.05) is 85.8 Å². The summed E-state index contributed by atoms with van der Waals surface area (Å²) >= 11 is 6.01. The van der Waals surface area contributed by atoms with Gasteiger partial charge in [0.15, 0.2) is 0 Å². The highest BCUT2D eigenvalue weighted by atomic mass is 35.5. The van der Waals surface area contributed by atoms with E-state index in [4.69, 9.17) is 16.3 Å². The summed E-state index contributed by atoms with van der Waals surface area (Å²) in [6.07, 6.45) is 1.48. The highest BCUT2D eigenvalue weighted by Crippen LogP contribution is 2.39. The van der Waals surface area contributed by atoms with E-state index in [-0.39, 0.29) is 5.91 Å². The van der Waals surface area contributed by atoms with Crippen LogP contribution in [0.4, 0.5) is 5.95 Å². The molecule has 0 aliphatic carbocycles. The molecule has 0 unspecified atom stereocenters. The molecule has 1 amide bonds. The van der Waals surface area contributed by atoms with Crippen LogP contribution in [0.25, 0.3) is 0 Å². The Balaban J connectivity index is 1.46. The Kier molecular flexibility index (Phi) is 6.50. The largest absolute Gasteiger partial charge is 0.489 e. The normalized spacial score (nSPS) is 14.7. The van der Waals surface area contributed by atoms with Gasteiger partial charge in [-0.2, -0.15) is 10.1 Å². The second-order valence-corrected chi connectivity index (χ2v) is 8.65. The lowest BCUT2D eigenvalue weighted by Gasteiger charge is -2.29. The van der Waals surface area contributed by atoms with E-state index in [1.165, 1.54) is 6.33 Å². The van der Waals surface area contributed by atoms with Gasteiger partial charge in [-0.25, -0.2) is 4.68 Å². The van der Waals surface area contributed by atoms with Gasteiger partial charge in [0, 0.05) is 22.8 Å². The molecular formula is C27H24ClN5O2. The summed E-state index contributed by atoms with van der Waals surface area (Å²) in [6.45, 7) is 2.66. The molecule has 35 heavy (non-hydrogen) atoms. The molecule has 8 heteroatoms. The van der Waals surface area contributed by atoms with Gasteiger partial charge < -0.3 is 15.4 Å². The first-order valence-electron chi connectivity index (χ1n) is 11.3. The number of para-hydroxylation sites is 1. The number of nitrogens with zero attached hydrogens (tertiary/aromatic N) is 3. The molecule has 4 aromatic rings. The van der Waals surface area contributed by atoms with Crippen LogP contribution in [-0.2, 0) is 17.9 Å². The van der Waals surface area contributed by atoms with Crippen LogP contribution < -0.4 is 15.4 Å². The molecule has 1 aromatic heterocycles. The van der Waals surface area contributed by atoms with E-state index in [9.17, 15) is 4.79 Å². The molecule has 1 aliphatic rings. The number of fused-ring (bicyclic) bond motifs is 1. The number of rotatable bonds is 7. The van der Waals surface area contributed by atoms with E-state index in [0.29, 0.717) is 41.1 Å². The van der Waals surface area contributed by atoms with Crippen molar-refractivity contribution in [3.8, 4) is 5.75 Å². The van der Waals surface area contributed by atoms with Gasteiger partial charge in [-0.1, -0.05) is 72.3 Å². The molecular weight excluding hydrogens is 462 g/mol. The average molecular weight is 486 g/mol. The van der Waals surface area contributed by atoms with E-state index in [0.717, 1.165) is 16.7 Å². The number of amides is 1. The van der Waals surface area contributed by atoms with Gasteiger partial charge in [0.05, 0.1) is 5.57 Å². The third kappa shape index (κ3) is 4.90. The first-order valence-corrected chi connectivity index (χ1v) is 11.6. The molecule has 0 fully saturated rings. The molecule has 1 atom stereocenters. The summed E-state index contributed by atoms with van der Waals surface area (Å²) in [4.78, 5) is 17.8. The van der Waals surface area contributed by atoms with Gasteiger partial charge in [-0.3, -0.25) is 4.79 Å². The zero-order valence-electron chi connectivity index (χ0n) is 19.1. The van der Waals surface area contributed by atoms with Crippen molar-refractivity contribution in [1.82, 2.24) is 20.1 Å². The third-order valence-corrected chi connectivity index (χ3v) is 6.11. The van der Waals surface area contributed by atoms with Gasteiger partial charge in [0.25, 0.3) is 5.91 Å². The zero-order valence-corrected chi connectivity index (χ0v) is 19.9. The number of nitrogens with one attached hydrogen (secondary N) is 2. The predicted octanol–water partition coefficient (Wildman–Crippen LogP) is 5.12. The van der Waals surface area contributed by atoms with Crippen LogP contribution in [0.1, 0.15) is 29.7 Å². The Morgan fingerprint density at radius 2 is 1.77 bits per heavy atom. The summed E-state index contributed by atoms with van der Waals surface area (Å²) < 4.78 is 7.94. The quantitative estimate of drug-likeness (QED) is 0.380. The fraction of sp³-hybridized carbons (Fsp3) is 0.148. The molecule has 2 heterocycles. The topological polar surface area (TPSA) is 81.1 Å². The molecule has 0 spiro atoms. The Hall–Kier alpha value is -4.10. The van der Waals surface area contributed by atoms with Crippen molar-refractivity contribution < 1.29 is 9.53 Å². The van der Waals surface area contributed by atoms with Gasteiger partial charge in [0.1, 0.15) is 24.7 Å². The van der Waals surface area contributed by atoms with Crippen molar-refractivity contribution in [3.63, 3.8) is 0 Å². The van der Waals surface area contributed by atoms with E-state index in [1.54, 1.807) is 4.68 Å². The van der Waals surface area contributed by atoms with Crippen LogP contribution in [0.15, 0.2) is 96.5 Å². The van der Waals surface area contributed by atoms with Crippen molar-refractivity contribution >= 4 is 23.5 Å². The summed E-state index contributed by atoms with van der Waals surface area (Å²) in [5, 5.41) is 11.4. The number of halogens is 1. The number of aromatic nitrogens is 3. The van der Waals surface area contributed by atoms with Crippen molar-refractivity contribution in [1.29, 1.82) is 0 Å². The molecule has 0 saturated carbocycles. The fourth-order valence-corrected chi connectivity index (χ4v) is 4.25. The number of ether oxygens (including phenoxy) is 1. The standard InChI is InChI=1S/C27H24ClN5O2/c1-18-24(26(34)29-15-19-7-3-2-4-8-19)25(33-27(32-18)30-17-31-33)22-9-5-6-10-23(22)35-16-20-11-13-21(28)14-12-20/h2-14,17,25H,15-16H2,1H3,(H,29,34)(H,30,31,32)/t25-/m1/s1. The number of allylic oxidation sites excluding steroid dienone is 1. The molecule has 0 saturated heterocycles. The third-order valence-electron chi connectivity index (χ3n) is 5.86. The number of carbonyl (C=O) groups excluding carboxylic acids is 1. The second-order valence-electron chi connectivity index (χ2n) is 8.22. The summed E-state index contributed by atoms with van der Waals surface area (Å²) in [5.41, 5.74) is 4.10. The number of hydrogen-bond donors (Lipinski definition) is 2. The monoisotopic (exact) mass is 485 g/mol. The van der Waals surface area contributed by atoms with Crippen LogP contribution in [-0.4, -0.2) is 20.7 Å². The molecule has 7 nitrogen and oxygen atoms in total. The van der Waals surface area contributed by atoms with Crippen molar-refractivity contribution in [2.24, 2.45) is 0 Å². The van der Waals surface area contributed by atoms with E-state index < -0.39 is 6.04 Å². The zero-order chi connectivity index (χ0) is 24.2. The SMILES string of the molecule is CC1=C(C(=O)NCc2ccccc2)[C@@H](c2ccccc2OCc2ccc(Cl)cc2)n2ncnc2N1. The van der Waals surface area contributed by atoms with Gasteiger partial charge >= 0.3 is 0 Å². The molecule has 176 valence electrons. The minimum atomic E-state index is -0.508. The van der Waals surface area contributed by atoms with Crippen molar-refractivity contribution in [2.75, 3.05) is 5.32 Å². The maximum absolute atomic E-state index is 13.5. The molecule has 0 radical (unpaired) electrons. The minimum Gasteiger partial charge on any atom is -0.489 e. The maximum atomic E-state index is 13.5. The molecule has 1 aliphatic heterocycles. The Labute approximate surface area is 208 Å². The Morgan fingerprint density at radius 3 is 2.57 bits per heavy atom. The second kappa shape index (κ2) is 10.0. The first kappa shape index (κ1) is 22.7. The van der Waals surface area contributed by atoms with Crippen LogP contribution in [0.5, 0.6) is 5.75 Å². The van der Waals surface area contributed by atoms with E-state index >= 15 is 0 Å². The lowest BCUT2D eigenvalue weighted by atomic mass is 9.94. The van der Waals surface area contributed by atoms with E-state index in [2.05, 4.69) is 20.7 Å². The average Bonchev–Trinajstić information content (AvgIpc) is 3.35. The minimum absolute atomic E-state index is 0.183. The summed E-state index contributed by atoms with van der Waals surface area (Å²) in [5.74, 6) is 1.05. The summed E-state index contributed by atoms with van der Waals surface area (Å²) in [6, 6.07) is 24.5. The highest BCUT2D eigenvalue weighted by molar-refractivity contribution is 6.30. The molecule has 5 rings (SSSR count). The molecule has 3 aromatic carbocycles. The molecule has 2 N–H and O–H groups in total. The van der Waals surface area contributed by atoms with Crippen LogP contribution in [0.2, 0.25) is 5.02 Å². The smallest absolute Gasteiger partial charge is 0.251 e. The maximum Gasteiger partial charge on any atom is 0.251 e. The van der Waals surface area contributed by atoms with Crippen molar-refractivity contribution in [3.05, 3.63) is 118 Å². The number of carbonyl (C=O) groups is 1. The van der Waals surface area contributed by atoms with Crippen LogP contribution in [0.3, 0.4) is 0 Å². The van der Waals surface area contributed by atoms with Gasteiger partial charge in [-0.15, -0.1) is 0 Å². The van der Waals surface area contributed by atoms with Crippen molar-refractivity contribution in [2.45, 2.75) is 26.1 Å². The van der Waals surface area contributed by atoms with Crippen LogP contribution in [0, 0.1) is 0 Å². The Bertz CT molecular complexity index is 1370. The van der Waals surface area contributed by atoms with Gasteiger partial charge in [0.2, 0.25) is 5.95 Å².